The van der Waals surface area contributed by atoms with Crippen LogP contribution < -0.4 is 5.32 Å². The molecule has 0 radical (unpaired) electrons. The Hall–Kier alpha value is -1.49. The highest BCUT2D eigenvalue weighted by atomic mass is 32.2. The van der Waals surface area contributed by atoms with Crippen molar-refractivity contribution in [3.63, 3.8) is 0 Å². The number of nitrogens with one attached hydrogen (secondary N) is 1. The average Bonchev–Trinajstić information content (AvgIpc) is 2.92. The van der Waals surface area contributed by atoms with Gasteiger partial charge in [-0.3, -0.25) is 4.79 Å². The van der Waals surface area contributed by atoms with Crippen molar-refractivity contribution in [3.8, 4) is 0 Å². The van der Waals surface area contributed by atoms with Gasteiger partial charge in [0.1, 0.15) is 0 Å². The normalized spacial score (nSPS) is 18.4. The summed E-state index contributed by atoms with van der Waals surface area (Å²) in [5, 5.41) is 2.81. The molecule has 0 bridgehead atoms. The van der Waals surface area contributed by atoms with Crippen molar-refractivity contribution in [2.24, 2.45) is 5.92 Å². The van der Waals surface area contributed by atoms with E-state index in [-0.39, 0.29) is 11.8 Å². The number of carbonyl (C=O) groups is 2. The minimum absolute atomic E-state index is 0.0173. The second kappa shape index (κ2) is 5.91. The molecule has 96 valence electrons. The number of esters is 1. The number of methoxy groups -OCH3 is 1. The number of amides is 1. The Morgan fingerprint density at radius 1 is 1.39 bits per heavy atom. The molecule has 1 saturated heterocycles. The zero-order valence-electron chi connectivity index (χ0n) is 10.1. The van der Waals surface area contributed by atoms with Gasteiger partial charge in [0.25, 0.3) is 0 Å². The standard InChI is InChI=1S/C13H15NO3S/c1-17-13(16)10-4-2-3-5-11(10)14-12(15)9-6-7-18-8-9/h2-5,9H,6-8H2,1H3,(H,14,15). The van der Waals surface area contributed by atoms with Gasteiger partial charge in [-0.2, -0.15) is 11.8 Å². The molecule has 1 aliphatic rings. The monoisotopic (exact) mass is 265 g/mol. The van der Waals surface area contributed by atoms with Crippen molar-refractivity contribution in [3.05, 3.63) is 29.8 Å². The zero-order chi connectivity index (χ0) is 13.0. The number of para-hydroxylation sites is 1. The van der Waals surface area contributed by atoms with E-state index in [1.54, 1.807) is 36.0 Å². The Bertz CT molecular complexity index is 455. The van der Waals surface area contributed by atoms with E-state index < -0.39 is 5.97 Å². The highest BCUT2D eigenvalue weighted by Crippen LogP contribution is 2.25. The summed E-state index contributed by atoms with van der Waals surface area (Å²) in [4.78, 5) is 23.6. The fourth-order valence-electron chi connectivity index (χ4n) is 1.86. The number of carbonyl (C=O) groups excluding carboxylic acids is 2. The van der Waals surface area contributed by atoms with Crippen LogP contribution in [0, 0.1) is 5.92 Å². The van der Waals surface area contributed by atoms with Crippen LogP contribution in [0.15, 0.2) is 24.3 Å². The van der Waals surface area contributed by atoms with Crippen molar-refractivity contribution in [2.75, 3.05) is 23.9 Å². The lowest BCUT2D eigenvalue weighted by atomic mass is 10.1. The second-order valence-electron chi connectivity index (χ2n) is 4.09. The first-order valence-electron chi connectivity index (χ1n) is 5.78. The molecule has 0 aliphatic carbocycles. The SMILES string of the molecule is COC(=O)c1ccccc1NC(=O)C1CCSC1. The molecule has 18 heavy (non-hydrogen) atoms. The van der Waals surface area contributed by atoms with E-state index in [2.05, 4.69) is 10.1 Å². The van der Waals surface area contributed by atoms with Crippen LogP contribution in [0.4, 0.5) is 5.69 Å². The maximum absolute atomic E-state index is 12.0. The fourth-order valence-corrected chi connectivity index (χ4v) is 3.08. The van der Waals surface area contributed by atoms with E-state index in [1.165, 1.54) is 7.11 Å². The first kappa shape index (κ1) is 13.0. The van der Waals surface area contributed by atoms with E-state index in [4.69, 9.17) is 0 Å². The van der Waals surface area contributed by atoms with Gasteiger partial charge in [-0.05, 0) is 24.3 Å². The van der Waals surface area contributed by atoms with E-state index in [1.807, 2.05) is 0 Å². The molecule has 1 N–H and O–H groups in total. The van der Waals surface area contributed by atoms with Crippen LogP contribution in [0.25, 0.3) is 0 Å². The van der Waals surface area contributed by atoms with Crippen molar-refractivity contribution < 1.29 is 14.3 Å². The molecule has 1 amide bonds. The smallest absolute Gasteiger partial charge is 0.339 e. The quantitative estimate of drug-likeness (QED) is 0.851. The molecule has 1 aromatic carbocycles. The second-order valence-corrected chi connectivity index (χ2v) is 5.24. The van der Waals surface area contributed by atoms with Gasteiger partial charge in [-0.15, -0.1) is 0 Å². The van der Waals surface area contributed by atoms with Gasteiger partial charge >= 0.3 is 5.97 Å². The van der Waals surface area contributed by atoms with Gasteiger partial charge in [0.15, 0.2) is 0 Å². The summed E-state index contributed by atoms with van der Waals surface area (Å²) < 4.78 is 4.69. The number of ether oxygens (including phenoxy) is 1. The molecule has 1 fully saturated rings. The Labute approximate surface area is 110 Å². The van der Waals surface area contributed by atoms with Crippen LogP contribution in [-0.4, -0.2) is 30.5 Å². The Kier molecular flexibility index (Phi) is 4.25. The van der Waals surface area contributed by atoms with Gasteiger partial charge in [0.2, 0.25) is 5.91 Å². The summed E-state index contributed by atoms with van der Waals surface area (Å²) >= 11 is 1.78. The van der Waals surface area contributed by atoms with E-state index in [0.717, 1.165) is 17.9 Å². The van der Waals surface area contributed by atoms with Gasteiger partial charge < -0.3 is 10.1 Å². The third-order valence-electron chi connectivity index (χ3n) is 2.89. The molecule has 0 spiro atoms. The van der Waals surface area contributed by atoms with Crippen molar-refractivity contribution >= 4 is 29.3 Å². The molecule has 1 unspecified atom stereocenters. The van der Waals surface area contributed by atoms with Gasteiger partial charge in [-0.1, -0.05) is 12.1 Å². The van der Waals surface area contributed by atoms with Crippen LogP contribution >= 0.6 is 11.8 Å². The maximum Gasteiger partial charge on any atom is 0.339 e. The molecule has 5 heteroatoms. The van der Waals surface area contributed by atoms with E-state index in [9.17, 15) is 9.59 Å². The largest absolute Gasteiger partial charge is 0.465 e. The molecule has 4 nitrogen and oxygen atoms in total. The van der Waals surface area contributed by atoms with Crippen molar-refractivity contribution in [1.29, 1.82) is 0 Å². The molecule has 1 heterocycles. The van der Waals surface area contributed by atoms with Crippen LogP contribution in [0.3, 0.4) is 0 Å². The Morgan fingerprint density at radius 2 is 2.17 bits per heavy atom. The summed E-state index contributed by atoms with van der Waals surface area (Å²) in [5.74, 6) is 1.46. The lowest BCUT2D eigenvalue weighted by Crippen LogP contribution is -2.23. The lowest BCUT2D eigenvalue weighted by molar-refractivity contribution is -0.119. The lowest BCUT2D eigenvalue weighted by Gasteiger charge is -2.12. The van der Waals surface area contributed by atoms with Gasteiger partial charge in [0.05, 0.1) is 18.4 Å². The maximum atomic E-state index is 12.0. The molecule has 2 rings (SSSR count). The predicted molar refractivity (Wildman–Crippen MR) is 71.8 cm³/mol. The number of hydrogen-bond acceptors (Lipinski definition) is 4. The third-order valence-corrected chi connectivity index (χ3v) is 4.05. The summed E-state index contributed by atoms with van der Waals surface area (Å²) in [5.41, 5.74) is 0.908. The van der Waals surface area contributed by atoms with Crippen LogP contribution in [-0.2, 0) is 9.53 Å². The summed E-state index contributed by atoms with van der Waals surface area (Å²) in [6.45, 7) is 0. The number of rotatable bonds is 3. The molecule has 1 aromatic rings. The summed E-state index contributed by atoms with van der Waals surface area (Å²) in [7, 11) is 1.33. The number of anilines is 1. The number of benzene rings is 1. The minimum Gasteiger partial charge on any atom is -0.465 e. The Morgan fingerprint density at radius 3 is 2.83 bits per heavy atom. The first-order chi connectivity index (χ1) is 8.72. The third kappa shape index (κ3) is 2.85. The van der Waals surface area contributed by atoms with Gasteiger partial charge in [-0.25, -0.2) is 4.79 Å². The predicted octanol–water partition coefficient (Wildman–Crippen LogP) is 2.16. The average molecular weight is 265 g/mol. The molecular formula is C13H15NO3S. The minimum atomic E-state index is -0.438. The topological polar surface area (TPSA) is 55.4 Å². The van der Waals surface area contributed by atoms with Crippen LogP contribution in [0.1, 0.15) is 16.8 Å². The summed E-state index contributed by atoms with van der Waals surface area (Å²) in [6, 6.07) is 6.88. The fraction of sp³-hybridized carbons (Fsp3) is 0.385. The molecule has 1 aliphatic heterocycles. The van der Waals surface area contributed by atoms with E-state index >= 15 is 0 Å². The number of hydrogen-bond donors (Lipinski definition) is 1. The van der Waals surface area contributed by atoms with E-state index in [0.29, 0.717) is 11.3 Å². The molecule has 0 saturated carbocycles. The molecule has 0 aromatic heterocycles. The highest BCUT2D eigenvalue weighted by Gasteiger charge is 2.24. The van der Waals surface area contributed by atoms with Gasteiger partial charge in [0, 0.05) is 11.7 Å². The number of thioether (sulfide) groups is 1. The zero-order valence-corrected chi connectivity index (χ0v) is 11.0. The Balaban J connectivity index is 2.13. The molecule has 1 atom stereocenters. The first-order valence-corrected chi connectivity index (χ1v) is 6.94. The highest BCUT2D eigenvalue weighted by molar-refractivity contribution is 7.99. The summed E-state index contributed by atoms with van der Waals surface area (Å²) in [6.07, 6.45) is 0.900. The van der Waals surface area contributed by atoms with Crippen molar-refractivity contribution in [1.82, 2.24) is 0 Å². The van der Waals surface area contributed by atoms with Crippen LogP contribution in [0.2, 0.25) is 0 Å². The van der Waals surface area contributed by atoms with Crippen molar-refractivity contribution in [2.45, 2.75) is 6.42 Å². The molecular weight excluding hydrogens is 250 g/mol. The van der Waals surface area contributed by atoms with Crippen LogP contribution in [0.5, 0.6) is 0 Å².